The average molecular weight is 379 g/mol. The van der Waals surface area contributed by atoms with Gasteiger partial charge >= 0.3 is 0 Å². The van der Waals surface area contributed by atoms with E-state index < -0.39 is 12.2 Å². The Hall–Kier alpha value is -3.25. The molecule has 0 bridgehead atoms. The van der Waals surface area contributed by atoms with Crippen molar-refractivity contribution in [1.29, 1.82) is 0 Å². The number of nitrogens with zero attached hydrogens (tertiary/aromatic N) is 1. The van der Waals surface area contributed by atoms with E-state index in [0.29, 0.717) is 29.4 Å². The monoisotopic (exact) mass is 379 g/mol. The molecule has 3 aromatic rings. The molecule has 0 saturated carbocycles. The van der Waals surface area contributed by atoms with Crippen LogP contribution < -0.4 is 18.9 Å². The van der Waals surface area contributed by atoms with Crippen LogP contribution in [0.2, 0.25) is 0 Å². The number of fused-ring (bicyclic) bond motifs is 1. The summed E-state index contributed by atoms with van der Waals surface area (Å²) in [6.45, 7) is 0.608. The van der Waals surface area contributed by atoms with Gasteiger partial charge in [-0.25, -0.2) is 0 Å². The van der Waals surface area contributed by atoms with Gasteiger partial charge in [-0.2, -0.15) is 0 Å². The van der Waals surface area contributed by atoms with Crippen molar-refractivity contribution < 1.29 is 24.1 Å². The van der Waals surface area contributed by atoms with E-state index >= 15 is 0 Å². The molecule has 1 aliphatic heterocycles. The smallest absolute Gasteiger partial charge is 0.163 e. The van der Waals surface area contributed by atoms with Crippen LogP contribution in [-0.4, -0.2) is 29.9 Å². The maximum atomic E-state index is 10.8. The van der Waals surface area contributed by atoms with Gasteiger partial charge in [0.05, 0.1) is 12.8 Å². The molecule has 1 aliphatic rings. The fraction of sp³-hybridized carbons (Fsp3) is 0.227. The van der Waals surface area contributed by atoms with Gasteiger partial charge in [0, 0.05) is 11.8 Å². The lowest BCUT2D eigenvalue weighted by molar-refractivity contribution is -0.0104. The van der Waals surface area contributed by atoms with Crippen LogP contribution >= 0.6 is 0 Å². The Morgan fingerprint density at radius 2 is 1.82 bits per heavy atom. The van der Waals surface area contributed by atoms with Crippen molar-refractivity contribution in [3.8, 4) is 23.0 Å². The number of aromatic nitrogens is 1. The van der Waals surface area contributed by atoms with Gasteiger partial charge in [0.15, 0.2) is 6.10 Å². The van der Waals surface area contributed by atoms with Crippen LogP contribution in [0, 0.1) is 0 Å². The first-order valence-corrected chi connectivity index (χ1v) is 9.01. The lowest BCUT2D eigenvalue weighted by Crippen LogP contribution is -2.35. The zero-order chi connectivity index (χ0) is 19.3. The summed E-state index contributed by atoms with van der Waals surface area (Å²) in [7, 11) is 1.61. The van der Waals surface area contributed by atoms with Crippen molar-refractivity contribution in [3.63, 3.8) is 0 Å². The molecule has 2 atom stereocenters. The van der Waals surface area contributed by atoms with Crippen LogP contribution in [0.15, 0.2) is 66.9 Å². The van der Waals surface area contributed by atoms with E-state index in [1.54, 1.807) is 37.6 Å². The zero-order valence-corrected chi connectivity index (χ0v) is 15.4. The lowest BCUT2D eigenvalue weighted by atomic mass is 10.0. The van der Waals surface area contributed by atoms with Crippen LogP contribution in [0.25, 0.3) is 0 Å². The molecule has 0 spiro atoms. The molecule has 0 aliphatic carbocycles. The van der Waals surface area contributed by atoms with E-state index in [4.69, 9.17) is 18.9 Å². The van der Waals surface area contributed by atoms with E-state index in [1.165, 1.54) is 0 Å². The highest BCUT2D eigenvalue weighted by atomic mass is 16.5. The summed E-state index contributed by atoms with van der Waals surface area (Å²) in [5.41, 5.74) is 1.47. The normalized spacial score (nSPS) is 17.9. The Balaban J connectivity index is 1.45. The first-order chi connectivity index (χ1) is 13.7. The second-order valence-corrected chi connectivity index (χ2v) is 6.40. The largest absolute Gasteiger partial charge is 0.497 e. The number of aliphatic hydroxyl groups excluding tert-OH is 1. The SMILES string of the molecule is COc1ccc(O[C@@H]2COc3ccc(OCc4ccccn4)cc3[C@@H]2O)cc1. The Labute approximate surface area is 163 Å². The standard InChI is InChI=1S/C22H21NO5/c1-25-16-5-7-17(8-6-16)28-21-14-27-20-10-9-18(12-19(20)22(21)24)26-13-15-4-2-3-11-23-15/h2-12,21-22,24H,13-14H2,1H3/t21-,22+/m1/s1. The third-order valence-corrected chi connectivity index (χ3v) is 4.51. The second-order valence-electron chi connectivity index (χ2n) is 6.40. The molecule has 1 aromatic heterocycles. The minimum atomic E-state index is -0.829. The van der Waals surface area contributed by atoms with Gasteiger partial charge < -0.3 is 24.1 Å². The number of hydrogen-bond donors (Lipinski definition) is 1. The van der Waals surface area contributed by atoms with Crippen molar-refractivity contribution in [2.24, 2.45) is 0 Å². The first-order valence-electron chi connectivity index (χ1n) is 9.01. The fourth-order valence-corrected chi connectivity index (χ4v) is 3.01. The Kier molecular flexibility index (Phi) is 5.30. The number of rotatable bonds is 6. The molecule has 0 saturated heterocycles. The highest BCUT2D eigenvalue weighted by Crippen LogP contribution is 2.36. The van der Waals surface area contributed by atoms with Crippen LogP contribution in [0.3, 0.4) is 0 Å². The predicted molar refractivity (Wildman–Crippen MR) is 103 cm³/mol. The lowest BCUT2D eigenvalue weighted by Gasteiger charge is -2.31. The summed E-state index contributed by atoms with van der Waals surface area (Å²) >= 11 is 0. The minimum absolute atomic E-state index is 0.258. The van der Waals surface area contributed by atoms with Crippen LogP contribution in [0.5, 0.6) is 23.0 Å². The van der Waals surface area contributed by atoms with Gasteiger partial charge in [-0.3, -0.25) is 4.98 Å². The molecule has 0 unspecified atom stereocenters. The number of methoxy groups -OCH3 is 1. The predicted octanol–water partition coefficient (Wildman–Crippen LogP) is 3.54. The quantitative estimate of drug-likeness (QED) is 0.706. The van der Waals surface area contributed by atoms with Gasteiger partial charge in [-0.05, 0) is 54.6 Å². The molecule has 6 nitrogen and oxygen atoms in total. The van der Waals surface area contributed by atoms with E-state index in [-0.39, 0.29) is 6.61 Å². The zero-order valence-electron chi connectivity index (χ0n) is 15.4. The van der Waals surface area contributed by atoms with Gasteiger partial charge in [-0.1, -0.05) is 6.07 Å². The Bertz CT molecular complexity index is 914. The van der Waals surface area contributed by atoms with Crippen LogP contribution in [-0.2, 0) is 6.61 Å². The number of aliphatic hydroxyl groups is 1. The summed E-state index contributed by atoms with van der Waals surface area (Å²) in [5, 5.41) is 10.8. The van der Waals surface area contributed by atoms with E-state index in [1.807, 2.05) is 36.4 Å². The van der Waals surface area contributed by atoms with E-state index in [2.05, 4.69) is 4.98 Å². The molecular formula is C22H21NO5. The third kappa shape index (κ3) is 4.02. The molecule has 0 amide bonds. The van der Waals surface area contributed by atoms with Crippen molar-refractivity contribution in [2.75, 3.05) is 13.7 Å². The summed E-state index contributed by atoms with van der Waals surface area (Å²) in [6.07, 6.45) is 0.376. The topological polar surface area (TPSA) is 70.0 Å². The van der Waals surface area contributed by atoms with Gasteiger partial charge in [0.2, 0.25) is 0 Å². The molecule has 4 rings (SSSR count). The maximum absolute atomic E-state index is 10.8. The van der Waals surface area contributed by atoms with Crippen LogP contribution in [0.1, 0.15) is 17.4 Å². The maximum Gasteiger partial charge on any atom is 0.163 e. The summed E-state index contributed by atoms with van der Waals surface area (Å²) < 4.78 is 22.6. The molecule has 2 aromatic carbocycles. The van der Waals surface area contributed by atoms with Gasteiger partial charge in [0.25, 0.3) is 0 Å². The van der Waals surface area contributed by atoms with Gasteiger partial charge in [-0.15, -0.1) is 0 Å². The third-order valence-electron chi connectivity index (χ3n) is 4.51. The molecule has 28 heavy (non-hydrogen) atoms. The average Bonchev–Trinajstić information content (AvgIpc) is 2.75. The van der Waals surface area contributed by atoms with E-state index in [9.17, 15) is 5.11 Å². The Morgan fingerprint density at radius 3 is 2.57 bits per heavy atom. The molecular weight excluding hydrogens is 358 g/mol. The Morgan fingerprint density at radius 1 is 1.04 bits per heavy atom. The van der Waals surface area contributed by atoms with Crippen molar-refractivity contribution in [1.82, 2.24) is 4.98 Å². The molecule has 6 heteroatoms. The fourth-order valence-electron chi connectivity index (χ4n) is 3.01. The molecule has 2 heterocycles. The number of benzene rings is 2. The molecule has 144 valence electrons. The van der Waals surface area contributed by atoms with Crippen molar-refractivity contribution >= 4 is 0 Å². The molecule has 0 radical (unpaired) electrons. The second kappa shape index (κ2) is 8.19. The summed E-state index contributed by atoms with van der Waals surface area (Å²) in [6, 6.07) is 18.3. The van der Waals surface area contributed by atoms with Crippen LogP contribution in [0.4, 0.5) is 0 Å². The van der Waals surface area contributed by atoms with E-state index in [0.717, 1.165) is 11.4 Å². The van der Waals surface area contributed by atoms with Crippen molar-refractivity contribution in [3.05, 3.63) is 78.1 Å². The highest BCUT2D eigenvalue weighted by molar-refractivity contribution is 5.43. The number of hydrogen-bond acceptors (Lipinski definition) is 6. The molecule has 0 fully saturated rings. The number of ether oxygens (including phenoxy) is 4. The minimum Gasteiger partial charge on any atom is -0.497 e. The summed E-state index contributed by atoms with van der Waals surface area (Å²) in [4.78, 5) is 4.24. The first kappa shape index (κ1) is 18.1. The molecule has 1 N–H and O–H groups in total. The van der Waals surface area contributed by atoms with Gasteiger partial charge in [0.1, 0.15) is 42.3 Å². The number of pyridine rings is 1. The highest BCUT2D eigenvalue weighted by Gasteiger charge is 2.31. The van der Waals surface area contributed by atoms with Crippen molar-refractivity contribution in [2.45, 2.75) is 18.8 Å². The summed E-state index contributed by atoms with van der Waals surface area (Å²) in [5.74, 6) is 2.65.